The van der Waals surface area contributed by atoms with Gasteiger partial charge in [-0.05, 0) is 43.0 Å². The lowest BCUT2D eigenvalue weighted by Gasteiger charge is -2.11. The highest BCUT2D eigenvalue weighted by Gasteiger charge is 2.03. The molecule has 0 heterocycles. The van der Waals surface area contributed by atoms with E-state index in [4.69, 9.17) is 0 Å². The number of benzene rings is 1. The molecule has 12 heavy (non-hydrogen) atoms. The van der Waals surface area contributed by atoms with Crippen molar-refractivity contribution in [1.29, 1.82) is 0 Å². The highest BCUT2D eigenvalue weighted by Crippen LogP contribution is 2.15. The van der Waals surface area contributed by atoms with Gasteiger partial charge in [0.05, 0.1) is 10.2 Å². The fourth-order valence-corrected chi connectivity index (χ4v) is 1.87. The first-order valence-corrected chi connectivity index (χ1v) is 4.52. The van der Waals surface area contributed by atoms with Crippen molar-refractivity contribution in [1.82, 2.24) is 0 Å². The van der Waals surface area contributed by atoms with Gasteiger partial charge in [-0.3, -0.25) is 0 Å². The minimum atomic E-state index is 1.13. The van der Waals surface area contributed by atoms with Crippen molar-refractivity contribution in [2.45, 2.75) is 20.8 Å². The number of hydrogen-bond donors (Lipinski definition) is 0. The van der Waals surface area contributed by atoms with Crippen LogP contribution in [0.3, 0.4) is 0 Å². The molecule has 61 valence electrons. The Bertz CT molecular complexity index is 324. The molecule has 0 fully saturated rings. The first kappa shape index (κ1) is 9.27. The third-order valence-corrected chi connectivity index (χ3v) is 2.83. The molecule has 0 aliphatic carbocycles. The summed E-state index contributed by atoms with van der Waals surface area (Å²) in [7, 11) is 3.57. The highest BCUT2D eigenvalue weighted by molar-refractivity contribution is 6.34. The van der Waals surface area contributed by atoms with E-state index < -0.39 is 0 Å². The molecule has 0 amide bonds. The predicted molar refractivity (Wildman–Crippen MR) is 56.1 cm³/mol. The van der Waals surface area contributed by atoms with Gasteiger partial charge >= 0.3 is 0 Å². The lowest BCUT2D eigenvalue weighted by molar-refractivity contribution is 1.27. The standard InChI is InChI=1S/C11H13Si/c1-5-10-9(4)8(3)7(2)6-11(10)12/h5-6H,1H2,2-4H3. The summed E-state index contributed by atoms with van der Waals surface area (Å²) < 4.78 is 0. The highest BCUT2D eigenvalue weighted by atomic mass is 28.1. The second-order valence-electron chi connectivity index (χ2n) is 3.11. The Morgan fingerprint density at radius 3 is 2.33 bits per heavy atom. The van der Waals surface area contributed by atoms with E-state index in [0.29, 0.717) is 0 Å². The van der Waals surface area contributed by atoms with Gasteiger partial charge in [0.1, 0.15) is 0 Å². The maximum atomic E-state index is 3.79. The largest absolute Gasteiger partial charge is 0.0985 e. The quantitative estimate of drug-likeness (QED) is 0.570. The summed E-state index contributed by atoms with van der Waals surface area (Å²) in [6, 6.07) is 2.14. The average Bonchev–Trinajstić information content (AvgIpc) is 2.01. The second-order valence-corrected chi connectivity index (χ2v) is 3.65. The van der Waals surface area contributed by atoms with E-state index in [0.717, 1.165) is 5.19 Å². The second kappa shape index (κ2) is 3.28. The van der Waals surface area contributed by atoms with Gasteiger partial charge in [-0.1, -0.05) is 23.9 Å². The molecule has 0 aliphatic heterocycles. The van der Waals surface area contributed by atoms with E-state index in [2.05, 4.69) is 43.7 Å². The van der Waals surface area contributed by atoms with Crippen LogP contribution in [0.2, 0.25) is 0 Å². The Labute approximate surface area is 77.7 Å². The maximum Gasteiger partial charge on any atom is 0.0720 e. The van der Waals surface area contributed by atoms with Gasteiger partial charge in [0.25, 0.3) is 0 Å². The van der Waals surface area contributed by atoms with Crippen molar-refractivity contribution in [3.63, 3.8) is 0 Å². The number of rotatable bonds is 1. The van der Waals surface area contributed by atoms with Crippen molar-refractivity contribution in [3.05, 3.63) is 34.9 Å². The minimum absolute atomic E-state index is 1.13. The Hall–Kier alpha value is -0.823. The van der Waals surface area contributed by atoms with Gasteiger partial charge in [0.2, 0.25) is 0 Å². The molecular weight excluding hydrogens is 160 g/mol. The summed E-state index contributed by atoms with van der Waals surface area (Å²) in [5.41, 5.74) is 5.19. The molecule has 0 aromatic heterocycles. The Kier molecular flexibility index (Phi) is 2.53. The molecule has 0 aliphatic rings. The van der Waals surface area contributed by atoms with Crippen molar-refractivity contribution < 1.29 is 0 Å². The van der Waals surface area contributed by atoms with E-state index in [1.54, 1.807) is 0 Å². The van der Waals surface area contributed by atoms with Crippen molar-refractivity contribution >= 4 is 21.5 Å². The van der Waals surface area contributed by atoms with Gasteiger partial charge in [0.15, 0.2) is 0 Å². The van der Waals surface area contributed by atoms with Crippen LogP contribution in [0.1, 0.15) is 22.3 Å². The van der Waals surface area contributed by atoms with Crippen LogP contribution in [-0.2, 0) is 0 Å². The van der Waals surface area contributed by atoms with Gasteiger partial charge < -0.3 is 0 Å². The fourth-order valence-electron chi connectivity index (χ4n) is 1.37. The first-order chi connectivity index (χ1) is 5.57. The van der Waals surface area contributed by atoms with Crippen LogP contribution in [-0.4, -0.2) is 10.2 Å². The molecule has 1 rings (SSSR count). The van der Waals surface area contributed by atoms with Gasteiger partial charge in [0, 0.05) is 0 Å². The van der Waals surface area contributed by atoms with E-state index in [1.807, 2.05) is 6.08 Å². The van der Waals surface area contributed by atoms with Crippen LogP contribution in [0.5, 0.6) is 0 Å². The molecule has 0 saturated carbocycles. The lowest BCUT2D eigenvalue weighted by atomic mass is 9.99. The zero-order valence-corrected chi connectivity index (χ0v) is 8.86. The van der Waals surface area contributed by atoms with Crippen LogP contribution < -0.4 is 5.19 Å². The maximum absolute atomic E-state index is 3.79. The average molecular weight is 173 g/mol. The topological polar surface area (TPSA) is 0 Å². The van der Waals surface area contributed by atoms with E-state index >= 15 is 0 Å². The van der Waals surface area contributed by atoms with Crippen LogP contribution in [0.15, 0.2) is 12.6 Å². The summed E-state index contributed by atoms with van der Waals surface area (Å²) in [6.45, 7) is 10.2. The molecule has 0 N–H and O–H groups in total. The molecule has 0 saturated heterocycles. The minimum Gasteiger partial charge on any atom is -0.0985 e. The van der Waals surface area contributed by atoms with Crippen LogP contribution in [0, 0.1) is 20.8 Å². The molecule has 0 nitrogen and oxygen atoms in total. The van der Waals surface area contributed by atoms with Gasteiger partial charge in [-0.2, -0.15) is 0 Å². The third kappa shape index (κ3) is 1.37. The van der Waals surface area contributed by atoms with E-state index in [9.17, 15) is 0 Å². The molecule has 0 atom stereocenters. The summed E-state index contributed by atoms with van der Waals surface area (Å²) >= 11 is 0. The lowest BCUT2D eigenvalue weighted by Crippen LogP contribution is -2.11. The van der Waals surface area contributed by atoms with E-state index in [1.165, 1.54) is 22.3 Å². The van der Waals surface area contributed by atoms with Crippen LogP contribution >= 0.6 is 0 Å². The SMILES string of the molecule is C=Cc1c([Si])cc(C)c(C)c1C. The summed E-state index contributed by atoms with van der Waals surface area (Å²) in [5.74, 6) is 0. The molecule has 0 bridgehead atoms. The molecule has 1 heteroatoms. The number of aryl methyl sites for hydroxylation is 1. The normalized spacial score (nSPS) is 10.0. The van der Waals surface area contributed by atoms with Crippen molar-refractivity contribution in [2.24, 2.45) is 0 Å². The molecule has 0 unspecified atom stereocenters. The van der Waals surface area contributed by atoms with E-state index in [-0.39, 0.29) is 0 Å². The summed E-state index contributed by atoms with van der Waals surface area (Å²) in [6.07, 6.45) is 1.89. The molecular formula is C11H13Si. The Morgan fingerprint density at radius 1 is 1.25 bits per heavy atom. The zero-order chi connectivity index (χ0) is 9.30. The summed E-state index contributed by atoms with van der Waals surface area (Å²) in [5, 5.41) is 1.13. The summed E-state index contributed by atoms with van der Waals surface area (Å²) in [4.78, 5) is 0. The van der Waals surface area contributed by atoms with Crippen LogP contribution in [0.25, 0.3) is 6.08 Å². The Balaban J connectivity index is 3.51. The molecule has 3 radical (unpaired) electrons. The van der Waals surface area contributed by atoms with Crippen molar-refractivity contribution in [2.75, 3.05) is 0 Å². The van der Waals surface area contributed by atoms with Crippen molar-refractivity contribution in [3.8, 4) is 0 Å². The van der Waals surface area contributed by atoms with Gasteiger partial charge in [-0.15, -0.1) is 0 Å². The predicted octanol–water partition coefficient (Wildman–Crippen LogP) is 2.05. The zero-order valence-electron chi connectivity index (χ0n) is 7.86. The van der Waals surface area contributed by atoms with Gasteiger partial charge in [-0.25, -0.2) is 0 Å². The Morgan fingerprint density at radius 2 is 1.83 bits per heavy atom. The molecule has 1 aromatic carbocycles. The molecule has 0 spiro atoms. The monoisotopic (exact) mass is 173 g/mol. The van der Waals surface area contributed by atoms with Crippen LogP contribution in [0.4, 0.5) is 0 Å². The smallest absolute Gasteiger partial charge is 0.0720 e. The third-order valence-electron chi connectivity index (χ3n) is 2.41. The first-order valence-electron chi connectivity index (χ1n) is 4.02. The molecule has 1 aromatic rings. The fraction of sp³-hybridized carbons (Fsp3) is 0.273. The number of hydrogen-bond acceptors (Lipinski definition) is 0.